The van der Waals surface area contributed by atoms with E-state index in [-0.39, 0.29) is 5.56 Å². The van der Waals surface area contributed by atoms with Crippen LogP contribution in [0.25, 0.3) is 0 Å². The van der Waals surface area contributed by atoms with Gasteiger partial charge in [-0.3, -0.25) is 10.1 Å². The van der Waals surface area contributed by atoms with Crippen molar-refractivity contribution in [3.8, 4) is 0 Å². The number of carboxylic acid groups (broad SMARTS) is 2. The summed E-state index contributed by atoms with van der Waals surface area (Å²) < 4.78 is 0. The number of carboxylic acids is 2. The molecular formula is C16H15NO4. The Bertz CT molecular complexity index is 622. The lowest BCUT2D eigenvalue weighted by atomic mass is 10.0. The van der Waals surface area contributed by atoms with E-state index >= 15 is 0 Å². The van der Waals surface area contributed by atoms with E-state index in [0.29, 0.717) is 12.1 Å². The van der Waals surface area contributed by atoms with Gasteiger partial charge in [-0.15, -0.1) is 0 Å². The summed E-state index contributed by atoms with van der Waals surface area (Å²) in [6.45, 7) is 0.415. The van der Waals surface area contributed by atoms with Crippen molar-refractivity contribution in [3.63, 3.8) is 0 Å². The van der Waals surface area contributed by atoms with Gasteiger partial charge in [0.15, 0.2) is 0 Å². The highest BCUT2D eigenvalue weighted by atomic mass is 16.4. The van der Waals surface area contributed by atoms with E-state index in [9.17, 15) is 14.7 Å². The predicted molar refractivity (Wildman–Crippen MR) is 77.1 cm³/mol. The van der Waals surface area contributed by atoms with E-state index in [1.54, 1.807) is 0 Å². The Morgan fingerprint density at radius 1 is 0.952 bits per heavy atom. The van der Waals surface area contributed by atoms with E-state index in [2.05, 4.69) is 5.32 Å². The van der Waals surface area contributed by atoms with Gasteiger partial charge in [0.2, 0.25) is 0 Å². The van der Waals surface area contributed by atoms with Crippen molar-refractivity contribution >= 4 is 11.9 Å². The summed E-state index contributed by atoms with van der Waals surface area (Å²) in [6, 6.07) is 14.4. The van der Waals surface area contributed by atoms with Crippen LogP contribution in [-0.2, 0) is 11.3 Å². The van der Waals surface area contributed by atoms with Gasteiger partial charge in [-0.2, -0.15) is 0 Å². The Kier molecular flexibility index (Phi) is 4.68. The van der Waals surface area contributed by atoms with Gasteiger partial charge in [0.25, 0.3) is 0 Å². The van der Waals surface area contributed by atoms with Gasteiger partial charge in [-0.05, 0) is 23.3 Å². The van der Waals surface area contributed by atoms with Crippen molar-refractivity contribution in [3.05, 3.63) is 71.3 Å². The van der Waals surface area contributed by atoms with Crippen LogP contribution in [0.3, 0.4) is 0 Å². The Morgan fingerprint density at radius 2 is 1.57 bits per heavy atom. The minimum atomic E-state index is -1.04. The highest BCUT2D eigenvalue weighted by Crippen LogP contribution is 2.15. The van der Waals surface area contributed by atoms with Crippen molar-refractivity contribution in [1.82, 2.24) is 5.32 Å². The Labute approximate surface area is 121 Å². The van der Waals surface area contributed by atoms with Crippen LogP contribution in [0.5, 0.6) is 0 Å². The summed E-state index contributed by atoms with van der Waals surface area (Å²) >= 11 is 0. The van der Waals surface area contributed by atoms with Gasteiger partial charge < -0.3 is 10.2 Å². The first kappa shape index (κ1) is 14.7. The van der Waals surface area contributed by atoms with E-state index in [4.69, 9.17) is 5.11 Å². The van der Waals surface area contributed by atoms with Crippen molar-refractivity contribution in [2.45, 2.75) is 12.6 Å². The molecule has 0 spiro atoms. The molecule has 5 heteroatoms. The second-order valence-corrected chi connectivity index (χ2v) is 4.56. The molecule has 3 N–H and O–H groups in total. The number of carbonyl (C=O) groups is 2. The van der Waals surface area contributed by atoms with Gasteiger partial charge in [0.05, 0.1) is 5.56 Å². The van der Waals surface area contributed by atoms with Crippen molar-refractivity contribution in [2.24, 2.45) is 0 Å². The average molecular weight is 285 g/mol. The van der Waals surface area contributed by atoms with E-state index in [1.807, 2.05) is 30.3 Å². The van der Waals surface area contributed by atoms with Crippen LogP contribution in [0.4, 0.5) is 0 Å². The van der Waals surface area contributed by atoms with Gasteiger partial charge in [-0.25, -0.2) is 4.79 Å². The fraction of sp³-hybridized carbons (Fsp3) is 0.125. The standard InChI is InChI=1S/C16H15NO4/c18-15(19)13-8-6-12(7-9-13)14(16(20)21)17-10-11-4-2-1-3-5-11/h1-9,14,17H,10H2,(H,18,19)(H,20,21). The molecule has 0 saturated carbocycles. The zero-order valence-electron chi connectivity index (χ0n) is 11.2. The summed E-state index contributed by atoms with van der Waals surface area (Å²) in [5.41, 5.74) is 1.63. The third kappa shape index (κ3) is 3.90. The zero-order chi connectivity index (χ0) is 15.2. The maximum absolute atomic E-state index is 11.4. The van der Waals surface area contributed by atoms with Crippen molar-refractivity contribution in [2.75, 3.05) is 0 Å². The van der Waals surface area contributed by atoms with Gasteiger partial charge in [0.1, 0.15) is 6.04 Å². The highest BCUT2D eigenvalue weighted by Gasteiger charge is 2.19. The number of aromatic carboxylic acids is 1. The second-order valence-electron chi connectivity index (χ2n) is 4.56. The lowest BCUT2D eigenvalue weighted by Crippen LogP contribution is -2.28. The topological polar surface area (TPSA) is 86.6 Å². The number of hydrogen-bond donors (Lipinski definition) is 3. The quantitative estimate of drug-likeness (QED) is 0.758. The fourth-order valence-electron chi connectivity index (χ4n) is 1.98. The number of rotatable bonds is 6. The summed E-state index contributed by atoms with van der Waals surface area (Å²) in [5.74, 6) is -2.04. The first-order chi connectivity index (χ1) is 10.1. The van der Waals surface area contributed by atoms with Crippen LogP contribution >= 0.6 is 0 Å². The summed E-state index contributed by atoms with van der Waals surface area (Å²) in [5, 5.41) is 21.1. The first-order valence-corrected chi connectivity index (χ1v) is 6.41. The van der Waals surface area contributed by atoms with Crippen molar-refractivity contribution in [1.29, 1.82) is 0 Å². The molecule has 0 aliphatic heterocycles. The van der Waals surface area contributed by atoms with Crippen LogP contribution < -0.4 is 5.32 Å². The van der Waals surface area contributed by atoms with Crippen LogP contribution in [0.1, 0.15) is 27.5 Å². The number of aliphatic carboxylic acids is 1. The van der Waals surface area contributed by atoms with Gasteiger partial charge >= 0.3 is 11.9 Å². The third-order valence-electron chi connectivity index (χ3n) is 3.09. The monoisotopic (exact) mass is 285 g/mol. The second kappa shape index (κ2) is 6.67. The predicted octanol–water partition coefficient (Wildman–Crippen LogP) is 2.30. The summed E-state index contributed by atoms with van der Waals surface area (Å²) in [7, 11) is 0. The van der Waals surface area contributed by atoms with Gasteiger partial charge in [0, 0.05) is 6.54 Å². The first-order valence-electron chi connectivity index (χ1n) is 6.41. The van der Waals surface area contributed by atoms with E-state index in [0.717, 1.165) is 5.56 Å². The Balaban J connectivity index is 2.11. The maximum Gasteiger partial charge on any atom is 0.335 e. The summed E-state index contributed by atoms with van der Waals surface area (Å²) in [6.07, 6.45) is 0. The SMILES string of the molecule is O=C(O)c1ccc(C(NCc2ccccc2)C(=O)O)cc1. The molecule has 5 nitrogen and oxygen atoms in total. The lowest BCUT2D eigenvalue weighted by Gasteiger charge is -2.15. The van der Waals surface area contributed by atoms with E-state index in [1.165, 1.54) is 24.3 Å². The lowest BCUT2D eigenvalue weighted by molar-refractivity contribution is -0.139. The molecule has 0 aliphatic rings. The number of nitrogens with one attached hydrogen (secondary N) is 1. The maximum atomic E-state index is 11.4. The minimum absolute atomic E-state index is 0.131. The minimum Gasteiger partial charge on any atom is -0.480 e. The molecule has 108 valence electrons. The molecule has 21 heavy (non-hydrogen) atoms. The molecule has 1 unspecified atom stereocenters. The molecule has 0 saturated heterocycles. The van der Waals surface area contributed by atoms with Gasteiger partial charge in [-0.1, -0.05) is 42.5 Å². The van der Waals surface area contributed by atoms with Crippen LogP contribution in [0, 0.1) is 0 Å². The molecule has 2 aromatic rings. The molecule has 0 aromatic heterocycles. The molecule has 0 radical (unpaired) electrons. The molecule has 0 fully saturated rings. The molecule has 0 bridgehead atoms. The number of benzene rings is 2. The third-order valence-corrected chi connectivity index (χ3v) is 3.09. The molecule has 0 heterocycles. The van der Waals surface area contributed by atoms with Crippen molar-refractivity contribution < 1.29 is 19.8 Å². The molecule has 2 rings (SSSR count). The zero-order valence-corrected chi connectivity index (χ0v) is 11.2. The Hall–Kier alpha value is -2.66. The summed E-state index contributed by atoms with van der Waals surface area (Å²) in [4.78, 5) is 22.2. The molecule has 0 aliphatic carbocycles. The smallest absolute Gasteiger partial charge is 0.335 e. The highest BCUT2D eigenvalue weighted by molar-refractivity contribution is 5.87. The number of hydrogen-bond acceptors (Lipinski definition) is 3. The normalized spacial score (nSPS) is 11.8. The van der Waals surface area contributed by atoms with Crippen LogP contribution in [0.15, 0.2) is 54.6 Å². The average Bonchev–Trinajstić information content (AvgIpc) is 2.48. The fourth-order valence-corrected chi connectivity index (χ4v) is 1.98. The van der Waals surface area contributed by atoms with E-state index < -0.39 is 18.0 Å². The molecule has 0 amide bonds. The molecule has 1 atom stereocenters. The molecule has 2 aromatic carbocycles. The Morgan fingerprint density at radius 3 is 2.10 bits per heavy atom. The molecular weight excluding hydrogens is 270 g/mol. The van der Waals surface area contributed by atoms with Crippen LogP contribution in [-0.4, -0.2) is 22.2 Å². The van der Waals surface area contributed by atoms with Crippen LogP contribution in [0.2, 0.25) is 0 Å². The largest absolute Gasteiger partial charge is 0.480 e.